The molecule has 0 aliphatic heterocycles. The highest BCUT2D eigenvalue weighted by Crippen LogP contribution is 2.36. The molecule has 0 bridgehead atoms. The number of thioether (sulfide) groups is 1. The van der Waals surface area contributed by atoms with Crippen molar-refractivity contribution in [2.45, 2.75) is 55.7 Å². The van der Waals surface area contributed by atoms with E-state index < -0.39 is 0 Å². The summed E-state index contributed by atoms with van der Waals surface area (Å²) < 4.78 is 0.895. The fraction of sp³-hybridized carbons (Fsp3) is 0.571. The van der Waals surface area contributed by atoms with E-state index in [0.29, 0.717) is 6.04 Å². The molecule has 2 aromatic rings. The van der Waals surface area contributed by atoms with Crippen LogP contribution in [0.2, 0.25) is 0 Å². The summed E-state index contributed by atoms with van der Waals surface area (Å²) in [6, 6.07) is 0.332. The van der Waals surface area contributed by atoms with Gasteiger partial charge in [-0.05, 0) is 25.7 Å². The molecule has 5 nitrogen and oxygen atoms in total. The Hall–Kier alpha value is -0.990. The maximum atomic E-state index is 11.7. The van der Waals surface area contributed by atoms with Crippen LogP contribution in [0.25, 0.3) is 0 Å². The lowest BCUT2D eigenvalue weighted by atomic mass is 10.3. The Kier molecular flexibility index (Phi) is 5.10. The van der Waals surface area contributed by atoms with Gasteiger partial charge in [-0.2, -0.15) is 0 Å². The first-order chi connectivity index (χ1) is 10.7. The Morgan fingerprint density at radius 1 is 1.45 bits per heavy atom. The molecule has 0 saturated heterocycles. The van der Waals surface area contributed by atoms with Crippen LogP contribution in [-0.4, -0.2) is 27.1 Å². The zero-order chi connectivity index (χ0) is 15.5. The largest absolute Gasteiger partial charge is 0.284 e. The summed E-state index contributed by atoms with van der Waals surface area (Å²) in [6.07, 6.45) is 4.32. The van der Waals surface area contributed by atoms with Gasteiger partial charge >= 0.3 is 0 Å². The number of anilines is 1. The molecule has 118 valence electrons. The van der Waals surface area contributed by atoms with Crippen LogP contribution < -0.4 is 4.90 Å². The minimum atomic E-state index is 0.0545. The Morgan fingerprint density at radius 2 is 2.27 bits per heavy atom. The zero-order valence-corrected chi connectivity index (χ0v) is 15.1. The zero-order valence-electron chi connectivity index (χ0n) is 12.6. The van der Waals surface area contributed by atoms with Crippen molar-refractivity contribution in [3.8, 4) is 0 Å². The number of carbonyl (C=O) groups is 1. The van der Waals surface area contributed by atoms with Gasteiger partial charge in [0.25, 0.3) is 0 Å². The molecule has 0 atom stereocenters. The topological polar surface area (TPSA) is 59.0 Å². The van der Waals surface area contributed by atoms with Crippen molar-refractivity contribution in [3.63, 3.8) is 0 Å². The van der Waals surface area contributed by atoms with Crippen molar-refractivity contribution in [2.75, 3.05) is 4.90 Å². The van der Waals surface area contributed by atoms with Gasteiger partial charge in [0.15, 0.2) is 4.34 Å². The first-order valence-corrected chi connectivity index (χ1v) is 10.0. The van der Waals surface area contributed by atoms with Crippen molar-refractivity contribution in [2.24, 2.45) is 0 Å². The third kappa shape index (κ3) is 3.85. The van der Waals surface area contributed by atoms with Gasteiger partial charge in [-0.15, -0.1) is 21.5 Å². The van der Waals surface area contributed by atoms with Crippen LogP contribution in [0.1, 0.15) is 43.8 Å². The molecular weight excluding hydrogens is 336 g/mol. The van der Waals surface area contributed by atoms with Gasteiger partial charge in [0.05, 0.1) is 10.7 Å². The molecule has 1 fully saturated rings. The SMILES string of the molecule is CCCc1nc(CSc2nnc(N(C(C)=O)C3CC3)s2)cs1. The smallest absolute Gasteiger partial charge is 0.225 e. The van der Waals surface area contributed by atoms with E-state index >= 15 is 0 Å². The second-order valence-corrected chi connectivity index (χ2v) is 8.36. The first kappa shape index (κ1) is 15.9. The van der Waals surface area contributed by atoms with Crippen molar-refractivity contribution in [1.29, 1.82) is 0 Å². The van der Waals surface area contributed by atoms with E-state index in [1.807, 2.05) is 0 Å². The molecule has 3 rings (SSSR count). The average molecular weight is 355 g/mol. The molecular formula is C14H18N4OS3. The second-order valence-electron chi connectivity index (χ2n) is 5.24. The Bertz CT molecular complexity index is 650. The maximum absolute atomic E-state index is 11.7. The molecule has 1 aliphatic rings. The van der Waals surface area contributed by atoms with E-state index in [9.17, 15) is 4.79 Å². The van der Waals surface area contributed by atoms with Crippen LogP contribution >= 0.6 is 34.4 Å². The first-order valence-electron chi connectivity index (χ1n) is 7.36. The highest BCUT2D eigenvalue weighted by Gasteiger charge is 2.34. The van der Waals surface area contributed by atoms with Crippen LogP contribution in [0.15, 0.2) is 9.72 Å². The van der Waals surface area contributed by atoms with Gasteiger partial charge in [-0.3, -0.25) is 9.69 Å². The second kappa shape index (κ2) is 7.06. The molecule has 0 unspecified atom stereocenters. The van der Waals surface area contributed by atoms with Gasteiger partial charge in [0, 0.05) is 24.1 Å². The summed E-state index contributed by atoms with van der Waals surface area (Å²) in [5, 5.41) is 12.4. The number of aromatic nitrogens is 3. The lowest BCUT2D eigenvalue weighted by Gasteiger charge is -2.15. The summed E-state index contributed by atoms with van der Waals surface area (Å²) in [4.78, 5) is 18.1. The maximum Gasteiger partial charge on any atom is 0.225 e. The van der Waals surface area contributed by atoms with E-state index in [0.717, 1.165) is 46.6 Å². The number of hydrogen-bond acceptors (Lipinski definition) is 7. The molecule has 0 spiro atoms. The summed E-state index contributed by atoms with van der Waals surface area (Å²) in [7, 11) is 0. The Morgan fingerprint density at radius 3 is 2.95 bits per heavy atom. The fourth-order valence-electron chi connectivity index (χ4n) is 2.12. The number of amides is 1. The van der Waals surface area contributed by atoms with Gasteiger partial charge in [0.2, 0.25) is 11.0 Å². The molecule has 0 radical (unpaired) electrons. The van der Waals surface area contributed by atoms with Gasteiger partial charge in [0.1, 0.15) is 0 Å². The molecule has 2 heterocycles. The molecule has 1 amide bonds. The Balaban J connectivity index is 1.60. The van der Waals surface area contributed by atoms with Crippen LogP contribution in [0, 0.1) is 0 Å². The van der Waals surface area contributed by atoms with Gasteiger partial charge in [-0.25, -0.2) is 4.98 Å². The Labute approximate surface area is 142 Å². The molecule has 22 heavy (non-hydrogen) atoms. The minimum Gasteiger partial charge on any atom is -0.284 e. The third-order valence-corrected chi connectivity index (χ3v) is 6.31. The van der Waals surface area contributed by atoms with Crippen LogP contribution in [-0.2, 0) is 17.0 Å². The molecule has 1 saturated carbocycles. The summed E-state index contributed by atoms with van der Waals surface area (Å²) >= 11 is 4.86. The van der Waals surface area contributed by atoms with E-state index in [1.165, 1.54) is 16.3 Å². The van der Waals surface area contributed by atoms with E-state index in [2.05, 4.69) is 27.5 Å². The predicted octanol–water partition coefficient (Wildman–Crippen LogP) is 3.75. The normalized spacial score (nSPS) is 14.3. The molecule has 0 aromatic carbocycles. The number of carbonyl (C=O) groups excluding carboxylic acids is 1. The summed E-state index contributed by atoms with van der Waals surface area (Å²) in [5.74, 6) is 0.858. The van der Waals surface area contributed by atoms with Gasteiger partial charge in [-0.1, -0.05) is 30.0 Å². The monoisotopic (exact) mass is 354 g/mol. The molecule has 2 aromatic heterocycles. The number of aryl methyl sites for hydroxylation is 1. The quantitative estimate of drug-likeness (QED) is 0.560. The molecule has 1 aliphatic carbocycles. The van der Waals surface area contributed by atoms with E-state index in [4.69, 9.17) is 0 Å². The van der Waals surface area contributed by atoms with Gasteiger partial charge < -0.3 is 0 Å². The number of nitrogens with zero attached hydrogens (tertiary/aromatic N) is 4. The van der Waals surface area contributed by atoms with Crippen LogP contribution in [0.3, 0.4) is 0 Å². The summed E-state index contributed by atoms with van der Waals surface area (Å²) in [6.45, 7) is 3.76. The van der Waals surface area contributed by atoms with E-state index in [-0.39, 0.29) is 5.91 Å². The number of rotatable bonds is 7. The summed E-state index contributed by atoms with van der Waals surface area (Å²) in [5.41, 5.74) is 1.10. The number of thiazole rings is 1. The standard InChI is InChI=1S/C14H18N4OS3/c1-3-4-12-15-10(7-20-12)8-21-14-17-16-13(22-14)18(9(2)19)11-5-6-11/h7,11H,3-6,8H2,1-2H3. The fourth-order valence-corrected chi connectivity index (χ4v) is 4.97. The van der Waals surface area contributed by atoms with Crippen molar-refractivity contribution in [3.05, 3.63) is 16.1 Å². The van der Waals surface area contributed by atoms with Crippen molar-refractivity contribution < 1.29 is 4.79 Å². The highest BCUT2D eigenvalue weighted by atomic mass is 32.2. The van der Waals surface area contributed by atoms with Crippen LogP contribution in [0.4, 0.5) is 5.13 Å². The third-order valence-electron chi connectivity index (χ3n) is 3.26. The van der Waals surface area contributed by atoms with E-state index in [1.54, 1.807) is 34.9 Å². The molecule has 8 heteroatoms. The average Bonchev–Trinajstić information content (AvgIpc) is 3.02. The highest BCUT2D eigenvalue weighted by molar-refractivity contribution is 8.00. The lowest BCUT2D eigenvalue weighted by molar-refractivity contribution is -0.116. The molecule has 0 N–H and O–H groups in total. The predicted molar refractivity (Wildman–Crippen MR) is 91.8 cm³/mol. The minimum absolute atomic E-state index is 0.0545. The van der Waals surface area contributed by atoms with Crippen molar-refractivity contribution in [1.82, 2.24) is 15.2 Å². The van der Waals surface area contributed by atoms with Crippen molar-refractivity contribution >= 4 is 45.5 Å². The van der Waals surface area contributed by atoms with Crippen LogP contribution in [0.5, 0.6) is 0 Å². The number of hydrogen-bond donors (Lipinski definition) is 0. The lowest BCUT2D eigenvalue weighted by Crippen LogP contribution is -2.30.